The summed E-state index contributed by atoms with van der Waals surface area (Å²) in [5, 5.41) is 0. The van der Waals surface area contributed by atoms with E-state index in [0.29, 0.717) is 38.8 Å². The third-order valence-electron chi connectivity index (χ3n) is 5.04. The molecule has 1 aliphatic heterocycles. The van der Waals surface area contributed by atoms with Crippen molar-refractivity contribution in [3.8, 4) is 11.3 Å². The van der Waals surface area contributed by atoms with Gasteiger partial charge < -0.3 is 4.90 Å². The Balaban J connectivity index is 1.60. The summed E-state index contributed by atoms with van der Waals surface area (Å²) >= 11 is 0. The first-order valence-electron chi connectivity index (χ1n) is 8.39. The van der Waals surface area contributed by atoms with Crippen molar-refractivity contribution in [3.05, 3.63) is 42.1 Å². The van der Waals surface area contributed by atoms with Gasteiger partial charge >= 0.3 is 0 Å². The summed E-state index contributed by atoms with van der Waals surface area (Å²) in [6, 6.07) is 3.84. The highest BCUT2D eigenvalue weighted by molar-refractivity contribution is 5.86. The number of halogens is 1. The zero-order chi connectivity index (χ0) is 16.6. The van der Waals surface area contributed by atoms with Crippen LogP contribution in [0.1, 0.15) is 30.5 Å². The largest absolute Gasteiger partial charge is 0.339 e. The molecule has 1 saturated carbocycles. The van der Waals surface area contributed by atoms with Gasteiger partial charge in [-0.15, -0.1) is 0 Å². The Hall–Kier alpha value is -2.37. The molecule has 3 heterocycles. The second-order valence-corrected chi connectivity index (χ2v) is 6.50. The second-order valence-electron chi connectivity index (χ2n) is 6.50. The first-order chi connectivity index (χ1) is 11.7. The van der Waals surface area contributed by atoms with Crippen LogP contribution in [-0.4, -0.2) is 44.5 Å². The first-order valence-corrected chi connectivity index (χ1v) is 8.39. The van der Waals surface area contributed by atoms with E-state index in [0.717, 1.165) is 28.9 Å². The lowest BCUT2D eigenvalue weighted by molar-refractivity contribution is -0.149. The molecule has 2 aromatic heterocycles. The molecule has 6 heteroatoms. The molecule has 5 nitrogen and oxygen atoms in total. The van der Waals surface area contributed by atoms with Crippen LogP contribution in [0.2, 0.25) is 0 Å². The minimum absolute atomic E-state index is 0.350. The fourth-order valence-corrected chi connectivity index (χ4v) is 3.47. The van der Waals surface area contributed by atoms with Gasteiger partial charge in [-0.2, -0.15) is 0 Å². The summed E-state index contributed by atoms with van der Waals surface area (Å²) in [4.78, 5) is 27.1. The van der Waals surface area contributed by atoms with E-state index in [-0.39, 0.29) is 5.91 Å². The average Bonchev–Trinajstić information content (AvgIpc) is 2.82. The first kappa shape index (κ1) is 15.2. The minimum atomic E-state index is -1.63. The molecule has 0 atom stereocenters. The van der Waals surface area contributed by atoms with Gasteiger partial charge in [-0.05, 0) is 37.8 Å². The van der Waals surface area contributed by atoms with Crippen LogP contribution in [0, 0.1) is 0 Å². The van der Waals surface area contributed by atoms with Crippen LogP contribution in [0.5, 0.6) is 0 Å². The maximum Gasteiger partial charge on any atom is 0.260 e. The zero-order valence-electron chi connectivity index (χ0n) is 13.4. The molecule has 4 rings (SSSR count). The Kier molecular flexibility index (Phi) is 3.75. The van der Waals surface area contributed by atoms with Crippen LogP contribution in [0.15, 0.2) is 30.9 Å². The van der Waals surface area contributed by atoms with E-state index < -0.39 is 5.67 Å². The highest BCUT2D eigenvalue weighted by Gasteiger charge is 2.47. The molecular weight excluding hydrogens is 307 g/mol. The van der Waals surface area contributed by atoms with Gasteiger partial charge in [0.2, 0.25) is 0 Å². The molecule has 0 saturated heterocycles. The maximum atomic E-state index is 14.5. The van der Waals surface area contributed by atoms with Crippen molar-refractivity contribution >= 4 is 5.91 Å². The Morgan fingerprint density at radius 2 is 2.04 bits per heavy atom. The molecule has 0 N–H and O–H groups in total. The van der Waals surface area contributed by atoms with Crippen molar-refractivity contribution in [2.24, 2.45) is 0 Å². The molecule has 1 fully saturated rings. The summed E-state index contributed by atoms with van der Waals surface area (Å²) in [5.41, 5.74) is 2.16. The molecule has 0 bridgehead atoms. The summed E-state index contributed by atoms with van der Waals surface area (Å²) in [6.45, 7) is 1.03. The Labute approximate surface area is 140 Å². The van der Waals surface area contributed by atoms with Crippen LogP contribution >= 0.6 is 0 Å². The molecule has 2 aromatic rings. The number of rotatable bonds is 2. The predicted molar refractivity (Wildman–Crippen MR) is 86.9 cm³/mol. The van der Waals surface area contributed by atoms with E-state index in [1.807, 2.05) is 12.1 Å². The lowest BCUT2D eigenvalue weighted by Crippen LogP contribution is -2.51. The Morgan fingerprint density at radius 3 is 2.75 bits per heavy atom. The molecule has 0 unspecified atom stereocenters. The van der Waals surface area contributed by atoms with Gasteiger partial charge in [-0.1, -0.05) is 0 Å². The Bertz CT molecular complexity index is 761. The predicted octanol–water partition coefficient (Wildman–Crippen LogP) is 2.36. The van der Waals surface area contributed by atoms with Crippen molar-refractivity contribution in [2.45, 2.75) is 37.8 Å². The highest BCUT2D eigenvalue weighted by Crippen LogP contribution is 2.38. The summed E-state index contributed by atoms with van der Waals surface area (Å²) in [6.07, 6.45) is 7.85. The van der Waals surface area contributed by atoms with E-state index in [1.54, 1.807) is 23.6 Å². The van der Waals surface area contributed by atoms with Crippen LogP contribution in [0.4, 0.5) is 4.39 Å². The minimum Gasteiger partial charge on any atom is -0.339 e. The molecule has 0 radical (unpaired) electrons. The third kappa shape index (κ3) is 2.56. The van der Waals surface area contributed by atoms with Gasteiger partial charge in [0.05, 0.1) is 5.69 Å². The number of hydrogen-bond donors (Lipinski definition) is 0. The molecule has 124 valence electrons. The molecule has 0 spiro atoms. The molecule has 24 heavy (non-hydrogen) atoms. The summed E-state index contributed by atoms with van der Waals surface area (Å²) < 4.78 is 14.5. The van der Waals surface area contributed by atoms with Crippen molar-refractivity contribution < 1.29 is 9.18 Å². The average molecular weight is 326 g/mol. The van der Waals surface area contributed by atoms with E-state index in [9.17, 15) is 9.18 Å². The number of fused-ring (bicyclic) bond motifs is 1. The van der Waals surface area contributed by atoms with E-state index in [1.165, 1.54) is 0 Å². The molecular formula is C18H19FN4O. The van der Waals surface area contributed by atoms with Gasteiger partial charge in [-0.25, -0.2) is 14.4 Å². The smallest absolute Gasteiger partial charge is 0.260 e. The molecule has 2 aliphatic rings. The van der Waals surface area contributed by atoms with Gasteiger partial charge in [0, 0.05) is 48.7 Å². The standard InChI is InChI=1S/C18H19FN4O/c19-18(6-2-7-18)17(24)23-9-4-14-15(5-10-23)21-12-22-16(14)13-3-1-8-20-11-13/h1,3,8,11-12H,2,4-7,9-10H2. The van der Waals surface area contributed by atoms with Crippen LogP contribution < -0.4 is 0 Å². The number of hydrogen-bond acceptors (Lipinski definition) is 4. The van der Waals surface area contributed by atoms with E-state index in [4.69, 9.17) is 0 Å². The van der Waals surface area contributed by atoms with Crippen molar-refractivity contribution in [3.63, 3.8) is 0 Å². The third-order valence-corrected chi connectivity index (χ3v) is 5.04. The lowest BCUT2D eigenvalue weighted by atomic mass is 9.81. The highest BCUT2D eigenvalue weighted by atomic mass is 19.1. The van der Waals surface area contributed by atoms with Gasteiger partial charge in [0.25, 0.3) is 5.91 Å². The monoisotopic (exact) mass is 326 g/mol. The normalized spacial score (nSPS) is 19.1. The SMILES string of the molecule is O=C(N1CCc2ncnc(-c3cccnc3)c2CC1)C1(F)CCC1. The zero-order valence-corrected chi connectivity index (χ0v) is 13.4. The van der Waals surface area contributed by atoms with E-state index in [2.05, 4.69) is 15.0 Å². The fraction of sp³-hybridized carbons (Fsp3) is 0.444. The van der Waals surface area contributed by atoms with Crippen LogP contribution in [-0.2, 0) is 17.6 Å². The van der Waals surface area contributed by atoms with Crippen molar-refractivity contribution in [1.29, 1.82) is 0 Å². The summed E-state index contributed by atoms with van der Waals surface area (Å²) in [7, 11) is 0. The van der Waals surface area contributed by atoms with Gasteiger partial charge in [-0.3, -0.25) is 9.78 Å². The number of carbonyl (C=O) groups is 1. The maximum absolute atomic E-state index is 14.5. The number of amides is 1. The topological polar surface area (TPSA) is 59.0 Å². The summed E-state index contributed by atoms with van der Waals surface area (Å²) in [5.74, 6) is -0.350. The van der Waals surface area contributed by atoms with E-state index >= 15 is 0 Å². The quantitative estimate of drug-likeness (QED) is 0.850. The van der Waals surface area contributed by atoms with Crippen LogP contribution in [0.3, 0.4) is 0 Å². The Morgan fingerprint density at radius 1 is 1.21 bits per heavy atom. The van der Waals surface area contributed by atoms with Gasteiger partial charge in [0.15, 0.2) is 5.67 Å². The molecule has 0 aromatic carbocycles. The van der Waals surface area contributed by atoms with Crippen molar-refractivity contribution in [2.75, 3.05) is 13.1 Å². The molecule has 1 amide bonds. The lowest BCUT2D eigenvalue weighted by Gasteiger charge is -2.36. The van der Waals surface area contributed by atoms with Crippen molar-refractivity contribution in [1.82, 2.24) is 19.9 Å². The number of nitrogens with zero attached hydrogens (tertiary/aromatic N) is 4. The molecule has 1 aliphatic carbocycles. The van der Waals surface area contributed by atoms with Crippen LogP contribution in [0.25, 0.3) is 11.3 Å². The number of carbonyl (C=O) groups excluding carboxylic acids is 1. The fourth-order valence-electron chi connectivity index (χ4n) is 3.47. The van der Waals surface area contributed by atoms with Gasteiger partial charge in [0.1, 0.15) is 6.33 Å². The number of pyridine rings is 1. The number of alkyl halides is 1. The second kappa shape index (κ2) is 5.92. The number of aromatic nitrogens is 3.